The molecule has 2 atom stereocenters. The summed E-state index contributed by atoms with van der Waals surface area (Å²) >= 11 is 1.97. The van der Waals surface area contributed by atoms with E-state index in [1.54, 1.807) is 12.1 Å². The van der Waals surface area contributed by atoms with Crippen molar-refractivity contribution < 1.29 is 8.94 Å². The molecule has 1 N–H and O–H groups in total. The van der Waals surface area contributed by atoms with E-state index in [0.29, 0.717) is 10.9 Å². The minimum atomic E-state index is -1.24. The van der Waals surface area contributed by atoms with Gasteiger partial charge in [-0.05, 0) is 74.7 Å². The molecule has 0 radical (unpaired) electrons. The predicted molar refractivity (Wildman–Crippen MR) is 91.9 cm³/mol. The fraction of sp³-hybridized carbons (Fsp3) is 0.500. The Kier molecular flexibility index (Phi) is 6.07. The molecule has 1 unspecified atom stereocenters. The monoisotopic (exact) mass is 375 g/mol. The zero-order chi connectivity index (χ0) is 16.4. The largest absolute Gasteiger partial charge is 0.598 e. The molecule has 0 amide bonds. The van der Waals surface area contributed by atoms with E-state index in [-0.39, 0.29) is 10.6 Å². The first-order valence-electron chi connectivity index (χ1n) is 6.75. The zero-order valence-corrected chi connectivity index (χ0v) is 15.6. The minimum Gasteiger partial charge on any atom is -0.598 e. The highest BCUT2D eigenvalue weighted by Gasteiger charge is 2.37. The first-order valence-corrected chi connectivity index (χ1v) is 8.69. The van der Waals surface area contributed by atoms with E-state index in [0.717, 1.165) is 11.1 Å². The Balaban J connectivity index is 3.19. The SMILES string of the molecule is C=C(C)C[C@](C)(N[S+]([O-])C(C)(C)C)c1ccc(F)c(Br)c1. The summed E-state index contributed by atoms with van der Waals surface area (Å²) in [6.45, 7) is 13.6. The summed E-state index contributed by atoms with van der Waals surface area (Å²) in [7, 11) is 0. The molecule has 0 saturated heterocycles. The second kappa shape index (κ2) is 6.82. The van der Waals surface area contributed by atoms with Crippen molar-refractivity contribution in [2.75, 3.05) is 0 Å². The third-order valence-electron chi connectivity index (χ3n) is 3.09. The third kappa shape index (κ3) is 5.09. The van der Waals surface area contributed by atoms with Crippen LogP contribution in [-0.4, -0.2) is 9.30 Å². The van der Waals surface area contributed by atoms with Crippen LogP contribution in [0.3, 0.4) is 0 Å². The van der Waals surface area contributed by atoms with Crippen molar-refractivity contribution in [3.8, 4) is 0 Å². The van der Waals surface area contributed by atoms with Gasteiger partial charge in [0, 0.05) is 11.4 Å². The molecule has 1 aromatic rings. The molecule has 1 aromatic carbocycles. The number of hydrogen-bond donors (Lipinski definition) is 1. The summed E-state index contributed by atoms with van der Waals surface area (Å²) in [5, 5.41) is 0. The Bertz CT molecular complexity index is 529. The van der Waals surface area contributed by atoms with Crippen LogP contribution >= 0.6 is 15.9 Å². The van der Waals surface area contributed by atoms with Crippen molar-refractivity contribution in [1.29, 1.82) is 0 Å². The van der Waals surface area contributed by atoms with Gasteiger partial charge in [0.1, 0.15) is 10.6 Å². The maximum atomic E-state index is 13.5. The van der Waals surface area contributed by atoms with Gasteiger partial charge in [-0.15, -0.1) is 11.3 Å². The van der Waals surface area contributed by atoms with E-state index >= 15 is 0 Å². The fourth-order valence-corrected chi connectivity index (χ4v) is 3.28. The average molecular weight is 376 g/mol. The van der Waals surface area contributed by atoms with E-state index < -0.39 is 16.9 Å². The quantitative estimate of drug-likeness (QED) is 0.591. The van der Waals surface area contributed by atoms with Crippen molar-refractivity contribution in [3.63, 3.8) is 0 Å². The lowest BCUT2D eigenvalue weighted by Crippen LogP contribution is -2.50. The van der Waals surface area contributed by atoms with E-state index in [1.165, 1.54) is 6.07 Å². The second-order valence-corrected chi connectivity index (χ2v) is 9.40. The smallest absolute Gasteiger partial charge is 0.137 e. The molecule has 0 aliphatic heterocycles. The Hall–Kier alpha value is -0.360. The molecule has 5 heteroatoms. The molecule has 0 aromatic heterocycles. The standard InChI is InChI=1S/C16H23BrFNOS/c1-11(2)10-16(6,19-21(20)15(3,4)5)12-7-8-14(18)13(17)9-12/h7-9,19H,1,10H2,2-6H3/t16-,21?/m0/s1. The molecule has 0 fully saturated rings. The number of nitrogens with one attached hydrogen (secondary N) is 1. The summed E-state index contributed by atoms with van der Waals surface area (Å²) < 4.78 is 29.1. The molecule has 0 saturated carbocycles. The van der Waals surface area contributed by atoms with E-state index in [2.05, 4.69) is 27.2 Å². The second-order valence-electron chi connectivity index (χ2n) is 6.58. The minimum absolute atomic E-state index is 0.312. The lowest BCUT2D eigenvalue weighted by molar-refractivity contribution is 0.417. The molecule has 0 aliphatic rings. The molecule has 0 heterocycles. The van der Waals surface area contributed by atoms with Crippen LogP contribution in [0.4, 0.5) is 4.39 Å². The number of rotatable bonds is 5. The first-order chi connectivity index (χ1) is 9.45. The van der Waals surface area contributed by atoms with Crippen LogP contribution in [0.15, 0.2) is 34.8 Å². The Morgan fingerprint density at radius 2 is 1.95 bits per heavy atom. The molecular formula is C16H23BrFNOS. The first kappa shape index (κ1) is 18.7. The summed E-state index contributed by atoms with van der Waals surface area (Å²) in [4.78, 5) is 0. The van der Waals surface area contributed by atoms with Crippen molar-refractivity contribution in [3.05, 3.63) is 46.2 Å². The van der Waals surface area contributed by atoms with Crippen molar-refractivity contribution in [1.82, 2.24) is 4.72 Å². The average Bonchev–Trinajstić information content (AvgIpc) is 2.30. The predicted octanol–water partition coefficient (Wildman–Crippen LogP) is 4.82. The van der Waals surface area contributed by atoms with Crippen LogP contribution < -0.4 is 4.72 Å². The highest BCUT2D eigenvalue weighted by molar-refractivity contribution is 9.10. The van der Waals surface area contributed by atoms with Gasteiger partial charge in [0.05, 0.1) is 10.0 Å². The third-order valence-corrected chi connectivity index (χ3v) is 5.44. The lowest BCUT2D eigenvalue weighted by Gasteiger charge is -2.35. The van der Waals surface area contributed by atoms with Gasteiger partial charge < -0.3 is 4.55 Å². The van der Waals surface area contributed by atoms with Crippen molar-refractivity contribution in [2.45, 2.75) is 51.3 Å². The van der Waals surface area contributed by atoms with Crippen LogP contribution in [0.2, 0.25) is 0 Å². The Morgan fingerprint density at radius 3 is 2.38 bits per heavy atom. The maximum absolute atomic E-state index is 13.5. The molecule has 21 heavy (non-hydrogen) atoms. The van der Waals surface area contributed by atoms with Crippen LogP contribution in [0.25, 0.3) is 0 Å². The molecule has 1 rings (SSSR count). The number of hydrogen-bond acceptors (Lipinski definition) is 2. The molecular weight excluding hydrogens is 353 g/mol. The highest BCUT2D eigenvalue weighted by Crippen LogP contribution is 2.33. The van der Waals surface area contributed by atoms with Crippen LogP contribution in [0.1, 0.15) is 46.6 Å². The molecule has 2 nitrogen and oxygen atoms in total. The summed E-state index contributed by atoms with van der Waals surface area (Å²) in [6, 6.07) is 4.86. The van der Waals surface area contributed by atoms with E-state index in [1.807, 2.05) is 34.6 Å². The van der Waals surface area contributed by atoms with Gasteiger partial charge in [-0.2, -0.15) is 0 Å². The Morgan fingerprint density at radius 1 is 1.38 bits per heavy atom. The molecule has 118 valence electrons. The van der Waals surface area contributed by atoms with Crippen molar-refractivity contribution >= 4 is 27.3 Å². The summed E-state index contributed by atoms with van der Waals surface area (Å²) in [6.07, 6.45) is 0.618. The van der Waals surface area contributed by atoms with E-state index in [4.69, 9.17) is 0 Å². The fourth-order valence-electron chi connectivity index (χ4n) is 2.00. The maximum Gasteiger partial charge on any atom is 0.137 e. The van der Waals surface area contributed by atoms with Crippen LogP contribution in [0, 0.1) is 5.82 Å². The van der Waals surface area contributed by atoms with Gasteiger partial charge in [0.2, 0.25) is 0 Å². The Labute approximate surface area is 138 Å². The normalized spacial score (nSPS) is 16.4. The molecule has 0 spiro atoms. The van der Waals surface area contributed by atoms with E-state index in [9.17, 15) is 8.94 Å². The van der Waals surface area contributed by atoms with Crippen LogP contribution in [-0.2, 0) is 16.9 Å². The van der Waals surface area contributed by atoms with Crippen LogP contribution in [0.5, 0.6) is 0 Å². The van der Waals surface area contributed by atoms with Gasteiger partial charge in [0.15, 0.2) is 0 Å². The summed E-state index contributed by atoms with van der Waals surface area (Å²) in [5.74, 6) is -0.312. The van der Waals surface area contributed by atoms with Gasteiger partial charge in [-0.25, -0.2) is 4.39 Å². The number of halogens is 2. The lowest BCUT2D eigenvalue weighted by atomic mass is 9.87. The van der Waals surface area contributed by atoms with Gasteiger partial charge in [-0.3, -0.25) is 0 Å². The highest BCUT2D eigenvalue weighted by atomic mass is 79.9. The number of benzene rings is 1. The zero-order valence-electron chi connectivity index (χ0n) is 13.2. The van der Waals surface area contributed by atoms with Gasteiger partial charge >= 0.3 is 0 Å². The summed E-state index contributed by atoms with van der Waals surface area (Å²) in [5.41, 5.74) is 1.27. The molecule has 0 bridgehead atoms. The topological polar surface area (TPSA) is 35.1 Å². The van der Waals surface area contributed by atoms with Crippen molar-refractivity contribution in [2.24, 2.45) is 0 Å². The molecule has 0 aliphatic carbocycles. The van der Waals surface area contributed by atoms with Gasteiger partial charge in [0.25, 0.3) is 0 Å². The van der Waals surface area contributed by atoms with Gasteiger partial charge in [-0.1, -0.05) is 11.6 Å².